The van der Waals surface area contributed by atoms with Crippen molar-refractivity contribution in [3.05, 3.63) is 47.3 Å². The first kappa shape index (κ1) is 15.3. The lowest BCUT2D eigenvalue weighted by molar-refractivity contribution is -0.138. The third kappa shape index (κ3) is 3.26. The number of aliphatic carboxylic acids is 2. The Morgan fingerprint density at radius 2 is 1.91 bits per heavy atom. The zero-order valence-electron chi connectivity index (χ0n) is 12.6. The standard InChI is InChI=1S/C17H18N2O4/c20-16(21)8-11-4-6-13(7-5-11)19-15-3-1-2-12(9-17(22)23)14(15)10-18-19/h4-7,10,12H,1-3,8-9H2,(H,20,21)(H,22,23). The van der Waals surface area contributed by atoms with E-state index in [0.29, 0.717) is 0 Å². The van der Waals surface area contributed by atoms with E-state index in [1.807, 2.05) is 16.8 Å². The van der Waals surface area contributed by atoms with E-state index in [4.69, 9.17) is 10.2 Å². The summed E-state index contributed by atoms with van der Waals surface area (Å²) in [6.07, 6.45) is 4.61. The zero-order valence-corrected chi connectivity index (χ0v) is 12.6. The van der Waals surface area contributed by atoms with Gasteiger partial charge in [-0.3, -0.25) is 9.59 Å². The van der Waals surface area contributed by atoms with Crippen molar-refractivity contribution in [2.75, 3.05) is 0 Å². The second-order valence-electron chi connectivity index (χ2n) is 5.88. The zero-order chi connectivity index (χ0) is 16.4. The predicted octanol–water partition coefficient (Wildman–Crippen LogP) is 2.39. The fraction of sp³-hybridized carbons (Fsp3) is 0.353. The second-order valence-corrected chi connectivity index (χ2v) is 5.88. The Hall–Kier alpha value is -2.63. The van der Waals surface area contributed by atoms with Crippen molar-refractivity contribution >= 4 is 11.9 Å². The molecule has 0 spiro atoms. The van der Waals surface area contributed by atoms with Gasteiger partial charge in [-0.05, 0) is 48.4 Å². The fourth-order valence-electron chi connectivity index (χ4n) is 3.22. The van der Waals surface area contributed by atoms with Crippen molar-refractivity contribution in [2.24, 2.45) is 0 Å². The maximum Gasteiger partial charge on any atom is 0.307 e. The number of aromatic nitrogens is 2. The molecule has 2 aromatic rings. The van der Waals surface area contributed by atoms with Crippen molar-refractivity contribution in [3.8, 4) is 5.69 Å². The van der Waals surface area contributed by atoms with Crippen LogP contribution in [0.4, 0.5) is 0 Å². The van der Waals surface area contributed by atoms with E-state index in [0.717, 1.165) is 41.8 Å². The molecule has 1 aromatic heterocycles. The minimum atomic E-state index is -0.856. The van der Waals surface area contributed by atoms with Gasteiger partial charge in [-0.25, -0.2) is 4.68 Å². The molecular weight excluding hydrogens is 296 g/mol. The molecular formula is C17H18N2O4. The summed E-state index contributed by atoms with van der Waals surface area (Å²) in [5, 5.41) is 22.3. The van der Waals surface area contributed by atoms with E-state index >= 15 is 0 Å². The molecule has 6 nitrogen and oxygen atoms in total. The monoisotopic (exact) mass is 314 g/mol. The number of carboxylic acid groups (broad SMARTS) is 2. The Kier molecular flexibility index (Phi) is 4.14. The molecule has 0 radical (unpaired) electrons. The molecule has 1 aliphatic carbocycles. The molecule has 1 aromatic carbocycles. The first-order valence-electron chi connectivity index (χ1n) is 7.64. The van der Waals surface area contributed by atoms with Crippen molar-refractivity contribution in [3.63, 3.8) is 0 Å². The lowest BCUT2D eigenvalue weighted by atomic mass is 9.85. The number of benzene rings is 1. The highest BCUT2D eigenvalue weighted by Gasteiger charge is 2.26. The SMILES string of the molecule is O=C(O)Cc1ccc(-n2ncc3c2CCCC3CC(=O)O)cc1. The van der Waals surface area contributed by atoms with Crippen LogP contribution in [0.25, 0.3) is 5.69 Å². The molecule has 6 heteroatoms. The Balaban J connectivity index is 1.88. The summed E-state index contributed by atoms with van der Waals surface area (Å²) in [5.74, 6) is -1.62. The molecule has 0 saturated heterocycles. The first-order valence-corrected chi connectivity index (χ1v) is 7.64. The van der Waals surface area contributed by atoms with Crippen LogP contribution in [0.1, 0.15) is 42.0 Å². The van der Waals surface area contributed by atoms with Crippen LogP contribution in [0.15, 0.2) is 30.5 Å². The van der Waals surface area contributed by atoms with Crippen LogP contribution >= 0.6 is 0 Å². The summed E-state index contributed by atoms with van der Waals surface area (Å²) in [7, 11) is 0. The molecule has 1 unspecified atom stereocenters. The molecule has 0 saturated carbocycles. The molecule has 120 valence electrons. The summed E-state index contributed by atoms with van der Waals surface area (Å²) in [6.45, 7) is 0. The topological polar surface area (TPSA) is 92.4 Å². The largest absolute Gasteiger partial charge is 0.481 e. The van der Waals surface area contributed by atoms with Crippen LogP contribution in [-0.4, -0.2) is 31.9 Å². The van der Waals surface area contributed by atoms with Gasteiger partial charge in [0.05, 0.1) is 24.7 Å². The summed E-state index contributed by atoms with van der Waals surface area (Å²) >= 11 is 0. The molecule has 3 rings (SSSR count). The third-order valence-corrected chi connectivity index (χ3v) is 4.26. The van der Waals surface area contributed by atoms with E-state index in [-0.39, 0.29) is 18.8 Å². The number of nitrogens with zero attached hydrogens (tertiary/aromatic N) is 2. The average molecular weight is 314 g/mol. The molecule has 0 fully saturated rings. The van der Waals surface area contributed by atoms with E-state index in [1.54, 1.807) is 18.3 Å². The van der Waals surface area contributed by atoms with Crippen molar-refractivity contribution in [2.45, 2.75) is 38.0 Å². The van der Waals surface area contributed by atoms with Crippen molar-refractivity contribution in [1.29, 1.82) is 0 Å². The highest BCUT2D eigenvalue weighted by molar-refractivity contribution is 5.70. The molecule has 1 atom stereocenters. The molecule has 1 heterocycles. The van der Waals surface area contributed by atoms with Gasteiger partial charge in [-0.15, -0.1) is 0 Å². The van der Waals surface area contributed by atoms with Gasteiger partial charge >= 0.3 is 11.9 Å². The van der Waals surface area contributed by atoms with Crippen molar-refractivity contribution < 1.29 is 19.8 Å². The van der Waals surface area contributed by atoms with Crippen LogP contribution in [0.3, 0.4) is 0 Å². The highest BCUT2D eigenvalue weighted by Crippen LogP contribution is 2.34. The molecule has 2 N–H and O–H groups in total. The average Bonchev–Trinajstić information content (AvgIpc) is 2.92. The van der Waals surface area contributed by atoms with E-state index < -0.39 is 11.9 Å². The quantitative estimate of drug-likeness (QED) is 0.884. The number of hydrogen-bond acceptors (Lipinski definition) is 3. The van der Waals surface area contributed by atoms with E-state index in [1.165, 1.54) is 0 Å². The molecule has 0 amide bonds. The van der Waals surface area contributed by atoms with Gasteiger partial charge in [-0.1, -0.05) is 12.1 Å². The van der Waals surface area contributed by atoms with E-state index in [2.05, 4.69) is 5.10 Å². The normalized spacial score (nSPS) is 16.8. The number of rotatable bonds is 5. The lowest BCUT2D eigenvalue weighted by Gasteiger charge is -2.21. The van der Waals surface area contributed by atoms with Gasteiger partial charge in [0, 0.05) is 5.69 Å². The molecule has 1 aliphatic rings. The maximum absolute atomic E-state index is 11.0. The van der Waals surface area contributed by atoms with E-state index in [9.17, 15) is 9.59 Å². The highest BCUT2D eigenvalue weighted by atomic mass is 16.4. The molecule has 23 heavy (non-hydrogen) atoms. The van der Waals surface area contributed by atoms with Gasteiger partial charge in [-0.2, -0.15) is 5.10 Å². The Morgan fingerprint density at radius 1 is 1.17 bits per heavy atom. The number of fused-ring (bicyclic) bond motifs is 1. The third-order valence-electron chi connectivity index (χ3n) is 4.26. The Labute approximate surface area is 133 Å². The number of carboxylic acids is 2. The molecule has 0 bridgehead atoms. The first-order chi connectivity index (χ1) is 11.0. The van der Waals surface area contributed by atoms with Gasteiger partial charge < -0.3 is 10.2 Å². The predicted molar refractivity (Wildman–Crippen MR) is 82.8 cm³/mol. The van der Waals surface area contributed by atoms with Crippen LogP contribution in [0, 0.1) is 0 Å². The van der Waals surface area contributed by atoms with Gasteiger partial charge in [0.1, 0.15) is 0 Å². The van der Waals surface area contributed by atoms with Crippen molar-refractivity contribution in [1.82, 2.24) is 9.78 Å². The Morgan fingerprint density at radius 3 is 2.57 bits per heavy atom. The van der Waals surface area contributed by atoms with Gasteiger partial charge in [0.2, 0.25) is 0 Å². The van der Waals surface area contributed by atoms with Crippen LogP contribution in [0.2, 0.25) is 0 Å². The van der Waals surface area contributed by atoms with Gasteiger partial charge in [0.25, 0.3) is 0 Å². The summed E-state index contributed by atoms with van der Waals surface area (Å²) in [4.78, 5) is 21.7. The van der Waals surface area contributed by atoms with Crippen LogP contribution < -0.4 is 0 Å². The maximum atomic E-state index is 11.0. The summed E-state index contributed by atoms with van der Waals surface area (Å²) < 4.78 is 1.84. The number of hydrogen-bond donors (Lipinski definition) is 2. The lowest BCUT2D eigenvalue weighted by Crippen LogP contribution is -2.14. The Bertz CT molecular complexity index is 734. The van der Waals surface area contributed by atoms with Crippen LogP contribution in [-0.2, 0) is 22.4 Å². The minimum Gasteiger partial charge on any atom is -0.481 e. The summed E-state index contributed by atoms with van der Waals surface area (Å²) in [5.41, 5.74) is 3.70. The smallest absolute Gasteiger partial charge is 0.307 e. The number of carbonyl (C=O) groups is 2. The second kappa shape index (κ2) is 6.24. The fourth-order valence-corrected chi connectivity index (χ4v) is 3.22. The molecule has 0 aliphatic heterocycles. The van der Waals surface area contributed by atoms with Crippen LogP contribution in [0.5, 0.6) is 0 Å². The summed E-state index contributed by atoms with van der Waals surface area (Å²) in [6, 6.07) is 7.28. The minimum absolute atomic E-state index is 0.00181. The van der Waals surface area contributed by atoms with Gasteiger partial charge in [0.15, 0.2) is 0 Å².